The molecule has 0 spiro atoms. The van der Waals surface area contributed by atoms with Gasteiger partial charge in [0, 0.05) is 24.2 Å². The number of pyridine rings is 2. The van der Waals surface area contributed by atoms with Crippen molar-refractivity contribution in [3.8, 4) is 0 Å². The SMILES string of the molecule is CC(O)(C(=O)Cc1ccc(Cl)nc1)C1C[C@H]2CC(c3ccnc4ccc(F)cc34)C[C@H]2C1. The molecular weight excluding hydrogens is 427 g/mol. The van der Waals surface area contributed by atoms with Gasteiger partial charge in [0.15, 0.2) is 5.78 Å². The van der Waals surface area contributed by atoms with Crippen molar-refractivity contribution in [2.24, 2.45) is 17.8 Å². The Balaban J connectivity index is 1.28. The number of ketones is 1. The van der Waals surface area contributed by atoms with Gasteiger partial charge in [0.2, 0.25) is 0 Å². The van der Waals surface area contributed by atoms with Gasteiger partial charge in [0.25, 0.3) is 0 Å². The fraction of sp³-hybridized carbons (Fsp3) is 0.423. The second-order valence-electron chi connectivity index (χ2n) is 9.66. The maximum atomic E-state index is 13.9. The minimum absolute atomic E-state index is 0.0437. The van der Waals surface area contributed by atoms with Crippen LogP contribution in [0, 0.1) is 23.6 Å². The van der Waals surface area contributed by atoms with Gasteiger partial charge >= 0.3 is 0 Å². The minimum Gasteiger partial charge on any atom is -0.382 e. The smallest absolute Gasteiger partial charge is 0.168 e. The molecule has 2 heterocycles. The molecule has 3 aromatic rings. The molecule has 0 bridgehead atoms. The summed E-state index contributed by atoms with van der Waals surface area (Å²) in [6.45, 7) is 1.67. The van der Waals surface area contributed by atoms with Crippen LogP contribution in [0.15, 0.2) is 48.8 Å². The minimum atomic E-state index is -1.36. The van der Waals surface area contributed by atoms with Crippen LogP contribution >= 0.6 is 11.6 Å². The average molecular weight is 453 g/mol. The first-order chi connectivity index (χ1) is 15.3. The van der Waals surface area contributed by atoms with Crippen LogP contribution in [-0.4, -0.2) is 26.5 Å². The van der Waals surface area contributed by atoms with E-state index in [0.29, 0.717) is 22.9 Å². The van der Waals surface area contributed by atoms with Crippen molar-refractivity contribution in [3.05, 3.63) is 70.9 Å². The summed E-state index contributed by atoms with van der Waals surface area (Å²) in [7, 11) is 0. The zero-order valence-electron chi connectivity index (χ0n) is 18.0. The average Bonchev–Trinajstić information content (AvgIpc) is 3.34. The van der Waals surface area contributed by atoms with Crippen molar-refractivity contribution in [3.63, 3.8) is 0 Å². The molecule has 6 heteroatoms. The van der Waals surface area contributed by atoms with Crippen LogP contribution < -0.4 is 0 Å². The van der Waals surface area contributed by atoms with Gasteiger partial charge in [-0.1, -0.05) is 17.7 Å². The second-order valence-corrected chi connectivity index (χ2v) is 10.0. The highest BCUT2D eigenvalue weighted by Gasteiger charge is 2.49. The van der Waals surface area contributed by atoms with Gasteiger partial charge in [0.05, 0.1) is 5.52 Å². The molecule has 5 rings (SSSR count). The van der Waals surface area contributed by atoms with Crippen molar-refractivity contribution < 1.29 is 14.3 Å². The molecule has 0 amide bonds. The van der Waals surface area contributed by atoms with E-state index in [2.05, 4.69) is 9.97 Å². The molecule has 4 nitrogen and oxygen atoms in total. The first-order valence-corrected chi connectivity index (χ1v) is 11.6. The number of nitrogens with zero attached hydrogens (tertiary/aromatic N) is 2. The molecule has 32 heavy (non-hydrogen) atoms. The molecule has 0 aliphatic heterocycles. The zero-order valence-corrected chi connectivity index (χ0v) is 18.7. The Labute approximate surface area is 191 Å². The van der Waals surface area contributed by atoms with Crippen molar-refractivity contribution >= 4 is 28.3 Å². The summed E-state index contributed by atoms with van der Waals surface area (Å²) in [4.78, 5) is 21.3. The summed E-state index contributed by atoms with van der Waals surface area (Å²) in [6, 6.07) is 10.2. The summed E-state index contributed by atoms with van der Waals surface area (Å²) in [5.41, 5.74) is 1.39. The standard InChI is InChI=1S/C26H26ClFN2O2/c1-26(32,24(31)8-15-2-5-25(27)30-14-15)19-11-16-9-18(10-17(16)12-19)21-6-7-29-23-4-3-20(28)13-22(21)23/h2-7,13-14,16-19,32H,8-12H2,1H3/t16-,17+,18?,19?,26?. The first-order valence-electron chi connectivity index (χ1n) is 11.2. The number of benzene rings is 1. The molecule has 1 aromatic carbocycles. The van der Waals surface area contributed by atoms with Gasteiger partial charge in [-0.05, 0) is 97.7 Å². The van der Waals surface area contributed by atoms with Crippen LogP contribution in [0.5, 0.6) is 0 Å². The Morgan fingerprint density at radius 1 is 1.12 bits per heavy atom. The molecule has 0 radical (unpaired) electrons. The van der Waals surface area contributed by atoms with E-state index in [1.807, 2.05) is 12.3 Å². The third kappa shape index (κ3) is 3.93. The molecule has 2 aliphatic carbocycles. The van der Waals surface area contributed by atoms with E-state index >= 15 is 0 Å². The maximum absolute atomic E-state index is 13.9. The Hall–Kier alpha value is -2.37. The van der Waals surface area contributed by atoms with Crippen molar-refractivity contribution in [2.45, 2.75) is 50.5 Å². The number of aliphatic hydroxyl groups is 1. The van der Waals surface area contributed by atoms with Gasteiger partial charge in [-0.25, -0.2) is 9.37 Å². The number of carbonyl (C=O) groups excluding carboxylic acids is 1. The van der Waals surface area contributed by atoms with Crippen molar-refractivity contribution in [2.75, 3.05) is 0 Å². The molecule has 2 saturated carbocycles. The maximum Gasteiger partial charge on any atom is 0.168 e. The Morgan fingerprint density at radius 3 is 2.56 bits per heavy atom. The van der Waals surface area contributed by atoms with Crippen LogP contribution in [0.4, 0.5) is 4.39 Å². The van der Waals surface area contributed by atoms with Gasteiger partial charge < -0.3 is 5.11 Å². The van der Waals surface area contributed by atoms with E-state index in [4.69, 9.17) is 11.6 Å². The predicted octanol–water partition coefficient (Wildman–Crippen LogP) is 5.50. The Bertz CT molecular complexity index is 1150. The molecule has 1 N–H and O–H groups in total. The first kappa shape index (κ1) is 21.5. The van der Waals surface area contributed by atoms with Gasteiger partial charge in [-0.3, -0.25) is 9.78 Å². The van der Waals surface area contributed by atoms with E-state index < -0.39 is 5.60 Å². The Kier molecular flexibility index (Phi) is 5.50. The van der Waals surface area contributed by atoms with E-state index in [1.165, 1.54) is 11.6 Å². The highest BCUT2D eigenvalue weighted by molar-refractivity contribution is 6.29. The fourth-order valence-electron chi connectivity index (χ4n) is 5.93. The van der Waals surface area contributed by atoms with Crippen LogP contribution in [0.2, 0.25) is 5.15 Å². The zero-order chi connectivity index (χ0) is 22.5. The van der Waals surface area contributed by atoms with Crippen LogP contribution in [0.25, 0.3) is 10.9 Å². The second kappa shape index (κ2) is 8.20. The number of rotatable bonds is 5. The van der Waals surface area contributed by atoms with E-state index in [9.17, 15) is 14.3 Å². The number of carbonyl (C=O) groups is 1. The van der Waals surface area contributed by atoms with Crippen molar-refractivity contribution in [1.29, 1.82) is 0 Å². The quantitative estimate of drug-likeness (QED) is 0.519. The summed E-state index contributed by atoms with van der Waals surface area (Å²) in [6.07, 6.45) is 7.24. The molecule has 5 atom stereocenters. The number of halogens is 2. The lowest BCUT2D eigenvalue weighted by Crippen LogP contribution is -2.43. The lowest BCUT2D eigenvalue weighted by Gasteiger charge is -2.30. The molecule has 0 saturated heterocycles. The van der Waals surface area contributed by atoms with Gasteiger partial charge in [-0.15, -0.1) is 0 Å². The lowest BCUT2D eigenvalue weighted by molar-refractivity contribution is -0.140. The summed E-state index contributed by atoms with van der Waals surface area (Å²) in [5, 5.41) is 12.4. The van der Waals surface area contributed by atoms with E-state index in [-0.39, 0.29) is 23.9 Å². The molecule has 3 unspecified atom stereocenters. The number of aromatic nitrogens is 2. The molecule has 2 aliphatic rings. The summed E-state index contributed by atoms with van der Waals surface area (Å²) >= 11 is 5.82. The third-order valence-corrected chi connectivity index (χ3v) is 7.93. The number of hydrogen-bond donors (Lipinski definition) is 1. The molecule has 2 fully saturated rings. The summed E-state index contributed by atoms with van der Waals surface area (Å²) < 4.78 is 13.9. The largest absolute Gasteiger partial charge is 0.382 e. The lowest BCUT2D eigenvalue weighted by atomic mass is 9.79. The number of fused-ring (bicyclic) bond motifs is 2. The van der Waals surface area contributed by atoms with Crippen LogP contribution in [-0.2, 0) is 11.2 Å². The molecule has 166 valence electrons. The Morgan fingerprint density at radius 2 is 1.88 bits per heavy atom. The topological polar surface area (TPSA) is 63.1 Å². The number of Topliss-reactive ketones (excluding diaryl/α,β-unsaturated/α-hetero) is 1. The normalized spacial score (nSPS) is 26.8. The monoisotopic (exact) mass is 452 g/mol. The predicted molar refractivity (Wildman–Crippen MR) is 122 cm³/mol. The van der Waals surface area contributed by atoms with E-state index in [0.717, 1.165) is 42.1 Å². The summed E-state index contributed by atoms with van der Waals surface area (Å²) in [5.74, 6) is 0.850. The number of hydrogen-bond acceptors (Lipinski definition) is 4. The molecule has 2 aromatic heterocycles. The van der Waals surface area contributed by atoms with E-state index in [1.54, 1.807) is 37.4 Å². The third-order valence-electron chi connectivity index (χ3n) is 7.71. The molecular formula is C26H26ClFN2O2. The highest BCUT2D eigenvalue weighted by atomic mass is 35.5. The van der Waals surface area contributed by atoms with Gasteiger partial charge in [0.1, 0.15) is 16.6 Å². The highest BCUT2D eigenvalue weighted by Crippen LogP contribution is 2.55. The van der Waals surface area contributed by atoms with Crippen molar-refractivity contribution in [1.82, 2.24) is 9.97 Å². The van der Waals surface area contributed by atoms with Gasteiger partial charge in [-0.2, -0.15) is 0 Å². The van der Waals surface area contributed by atoms with Crippen LogP contribution in [0.1, 0.15) is 49.7 Å². The van der Waals surface area contributed by atoms with Crippen LogP contribution in [0.3, 0.4) is 0 Å². The fourth-order valence-corrected chi connectivity index (χ4v) is 6.04.